The second kappa shape index (κ2) is 31.3. The van der Waals surface area contributed by atoms with Gasteiger partial charge < -0.3 is 103 Å². The van der Waals surface area contributed by atoms with Crippen LogP contribution in [0.5, 0.6) is 69.0 Å². The lowest BCUT2D eigenvalue weighted by molar-refractivity contribution is -0.137. The predicted octanol–water partition coefficient (Wildman–Crippen LogP) is 6.42. The van der Waals surface area contributed by atoms with E-state index >= 15 is 24.0 Å². The molecule has 8 amide bonds. The number of rotatable bonds is 10. The van der Waals surface area contributed by atoms with Crippen LogP contribution in [0.3, 0.4) is 0 Å². The van der Waals surface area contributed by atoms with Gasteiger partial charge in [0.25, 0.3) is 0 Å². The molecule has 0 radical (unpaired) electrons. The second-order valence-corrected chi connectivity index (χ2v) is 27.6. The number of aryl methyl sites for hydroxylation is 1. The number of nitrogens with one attached hydrogen (secondary N) is 8. The number of nitrogens with two attached hydrogens (primary N) is 1. The van der Waals surface area contributed by atoms with E-state index in [0.29, 0.717) is 12.1 Å². The summed E-state index contributed by atoms with van der Waals surface area (Å²) in [5.41, 5.74) is 7.01. The Kier molecular flexibility index (Phi) is 21.6. The number of benzene rings is 8. The average molecular weight is 1510 g/mol. The molecule has 8 atom stereocenters. The number of aliphatic hydroxyl groups is 1. The summed E-state index contributed by atoms with van der Waals surface area (Å²) >= 11 is 13.9. The standard InChI is InChI=1S/C77H75Cl2N11O18/c1-3-4-5-36-6-8-37(9-7-36)33-82-34-60(95)90-20-18-89(19-21-90)35-48-54(94)32-47-61(69(48)97)46-26-40(12-14-52(46)92)63-74(102)88-67(77(105)87-66(47)73(101)81-2)68(96)41-13-17-56(50(79)27-41)108-59-30-43-29-58(70(59)98)107-55-16-10-38(22-49(55)78)23-51-71(99)84-64(75(103)86-65(43)76(104)85-63)42-24-44(91)31-45(25-42)106-57-28-39(11-15-53(57)93)62(80)72(100)83-51/h6-17,22,24-32,51,62-68,82,91-94,96-98H,3-5,18-21,23,33-35,80H2,1-2H3,(H,81,101)(H,83,100)(H,84,99)(H,85,104)(H,86,103)(H,87,105)(H,88,102)/t51-,62+,63-,64+,65-,66+,67+,68-/m1/s1. The van der Waals surface area contributed by atoms with Crippen molar-refractivity contribution in [2.75, 3.05) is 39.8 Å². The smallest absolute Gasteiger partial charge is 0.248 e. The van der Waals surface area contributed by atoms with Crippen LogP contribution in [-0.4, -0.2) is 145 Å². The lowest BCUT2D eigenvalue weighted by atomic mass is 9.87. The summed E-state index contributed by atoms with van der Waals surface area (Å²) in [5.74, 6) is -13.8. The van der Waals surface area contributed by atoms with Crippen LogP contribution in [-0.2, 0) is 64.3 Å². The van der Waals surface area contributed by atoms with E-state index in [2.05, 4.69) is 61.6 Å². The quantitative estimate of drug-likeness (QED) is 0.0702. The van der Waals surface area contributed by atoms with Crippen molar-refractivity contribution in [3.8, 4) is 80.1 Å². The summed E-state index contributed by atoms with van der Waals surface area (Å²) < 4.78 is 18.7. The fourth-order valence-corrected chi connectivity index (χ4v) is 14.1. The zero-order valence-corrected chi connectivity index (χ0v) is 59.5. The van der Waals surface area contributed by atoms with Gasteiger partial charge in [-0.05, 0) is 142 Å². The van der Waals surface area contributed by atoms with E-state index in [1.165, 1.54) is 79.3 Å². The summed E-state index contributed by atoms with van der Waals surface area (Å²) in [5, 5.41) is 105. The molecular weight excluding hydrogens is 1440 g/mol. The molecule has 1 fully saturated rings. The molecule has 15 rings (SSSR count). The highest BCUT2D eigenvalue weighted by Crippen LogP contribution is 2.50. The number of amides is 8. The van der Waals surface area contributed by atoms with Gasteiger partial charge in [0.1, 0.15) is 88.6 Å². The summed E-state index contributed by atoms with van der Waals surface area (Å²) in [6, 6.07) is 16.5. The van der Waals surface area contributed by atoms with Crippen LogP contribution in [0.4, 0.5) is 0 Å². The monoisotopic (exact) mass is 1510 g/mol. The van der Waals surface area contributed by atoms with Crippen molar-refractivity contribution in [1.29, 1.82) is 0 Å². The largest absolute Gasteiger partial charge is 0.508 e. The molecule has 8 aromatic carbocycles. The Balaban J connectivity index is 0.923. The van der Waals surface area contributed by atoms with Crippen LogP contribution in [0.15, 0.2) is 133 Å². The number of halogens is 2. The highest BCUT2D eigenvalue weighted by Gasteiger charge is 2.42. The minimum absolute atomic E-state index is 0.0582. The van der Waals surface area contributed by atoms with Crippen LogP contribution in [0, 0.1) is 0 Å². The maximum Gasteiger partial charge on any atom is 0.248 e. The van der Waals surface area contributed by atoms with Crippen molar-refractivity contribution in [3.63, 3.8) is 0 Å². The zero-order chi connectivity index (χ0) is 76.5. The van der Waals surface area contributed by atoms with Gasteiger partial charge in [0.05, 0.1) is 22.2 Å². The third kappa shape index (κ3) is 15.7. The van der Waals surface area contributed by atoms with Gasteiger partial charge >= 0.3 is 0 Å². The van der Waals surface area contributed by atoms with E-state index < -0.39 is 136 Å². The first-order valence-corrected chi connectivity index (χ1v) is 35.4. The summed E-state index contributed by atoms with van der Waals surface area (Å²) in [6.07, 6.45) is 0.691. The number of aromatic hydroxyl groups is 6. The van der Waals surface area contributed by atoms with Crippen LogP contribution in [0.1, 0.15) is 112 Å². The second-order valence-electron chi connectivity index (χ2n) is 26.8. The highest BCUT2D eigenvalue weighted by atomic mass is 35.5. The first-order chi connectivity index (χ1) is 51.8. The topological polar surface area (TPSA) is 435 Å². The molecule has 17 N–H and O–H groups in total. The van der Waals surface area contributed by atoms with Gasteiger partial charge in [-0.15, -0.1) is 0 Å². The Morgan fingerprint density at radius 2 is 1.18 bits per heavy atom. The minimum atomic E-state index is -2.19. The molecule has 0 aromatic heterocycles. The van der Waals surface area contributed by atoms with Gasteiger partial charge in [0.2, 0.25) is 53.0 Å². The van der Waals surface area contributed by atoms with E-state index in [9.17, 15) is 50.1 Å². The summed E-state index contributed by atoms with van der Waals surface area (Å²) in [4.78, 5) is 124. The molecule has 7 heterocycles. The number of likely N-dealkylation sites (N-methyl/N-ethyl adjacent to an activating group) is 1. The number of carbonyl (C=O) groups excluding carboxylic acids is 8. The Hall–Kier alpha value is -11.9. The third-order valence-corrected chi connectivity index (χ3v) is 20.1. The number of nitrogens with zero attached hydrogens (tertiary/aromatic N) is 2. The first-order valence-electron chi connectivity index (χ1n) is 34.6. The number of ether oxygens (including phenoxy) is 3. The number of phenolic OH excluding ortho intramolecular Hbond substituents is 6. The summed E-state index contributed by atoms with van der Waals surface area (Å²) in [6.45, 7) is 3.48. The van der Waals surface area contributed by atoms with Crippen LogP contribution in [0.25, 0.3) is 11.1 Å². The molecule has 7 aliphatic heterocycles. The molecule has 560 valence electrons. The molecule has 0 spiro atoms. The van der Waals surface area contributed by atoms with Crippen LogP contribution < -0.4 is 62.5 Å². The zero-order valence-electron chi connectivity index (χ0n) is 57.9. The number of fused-ring (bicyclic) bond motifs is 14. The van der Waals surface area contributed by atoms with Gasteiger partial charge in [-0.1, -0.05) is 85.1 Å². The van der Waals surface area contributed by atoms with Crippen molar-refractivity contribution in [2.45, 2.75) is 94.1 Å². The van der Waals surface area contributed by atoms with Crippen LogP contribution in [0.2, 0.25) is 10.0 Å². The Morgan fingerprint density at radius 1 is 0.565 bits per heavy atom. The Bertz CT molecular complexity index is 4940. The van der Waals surface area contributed by atoms with Crippen LogP contribution >= 0.6 is 23.2 Å². The van der Waals surface area contributed by atoms with Crippen molar-refractivity contribution in [2.24, 2.45) is 5.73 Å². The van der Waals surface area contributed by atoms with Gasteiger partial charge in [0, 0.05) is 69.9 Å². The minimum Gasteiger partial charge on any atom is -0.508 e. The Labute approximate surface area is 626 Å². The molecular formula is C77H75Cl2N11O18. The highest BCUT2D eigenvalue weighted by molar-refractivity contribution is 6.32. The van der Waals surface area contributed by atoms with E-state index in [-0.39, 0.29) is 135 Å². The molecule has 1 saturated heterocycles. The van der Waals surface area contributed by atoms with Crippen molar-refractivity contribution >= 4 is 70.5 Å². The number of phenols is 6. The fraction of sp³-hybridized carbons (Fsp3) is 0.273. The normalized spacial score (nSPS) is 20.9. The maximum atomic E-state index is 16.1. The fourth-order valence-electron chi connectivity index (χ4n) is 13.6. The van der Waals surface area contributed by atoms with E-state index in [1.54, 1.807) is 4.90 Å². The maximum absolute atomic E-state index is 16.1. The lowest BCUT2D eigenvalue weighted by Gasteiger charge is -2.35. The average Bonchev–Trinajstić information content (AvgIpc) is 0.752. The van der Waals surface area contributed by atoms with E-state index in [0.717, 1.165) is 67.3 Å². The molecule has 108 heavy (non-hydrogen) atoms. The van der Waals surface area contributed by atoms with E-state index in [1.807, 2.05) is 17.0 Å². The number of carbonyl (C=O) groups is 8. The number of piperazine rings is 1. The molecule has 0 aliphatic carbocycles. The molecule has 0 saturated carbocycles. The molecule has 7 aliphatic rings. The molecule has 0 unspecified atom stereocenters. The lowest BCUT2D eigenvalue weighted by Crippen LogP contribution is -2.55. The van der Waals surface area contributed by atoms with Gasteiger partial charge in [0.15, 0.2) is 23.0 Å². The molecule has 29 nitrogen and oxygen atoms in total. The van der Waals surface area contributed by atoms with E-state index in [4.69, 9.17) is 43.1 Å². The SMILES string of the molecule is CCCCc1ccc(CNCC(=O)N2CCN(Cc3c(O)cc4c(c3O)-c3cc(ccc3O)[C@H]3NC(=O)[C@@H]5NC(=O)[C@H]6NC(=O)[C@@H](Cc7ccc(c(Cl)c7)Oc7cc5cc(c7O)Oc5ccc(cc5Cl)[C@@H](O)[C@H](NC3=O)C(=O)N[C@@H]4C(=O)NC)NC(=O)[C@@H](N)c3ccc(O)c(c3)Oc3cc(O)cc6c3)CC2)cc1. The number of aliphatic hydroxyl groups excluding tert-OH is 1. The predicted molar refractivity (Wildman–Crippen MR) is 390 cm³/mol. The molecule has 31 heteroatoms. The number of hydrogen-bond donors (Lipinski definition) is 16. The van der Waals surface area contributed by atoms with Crippen molar-refractivity contribution < 1.29 is 88.3 Å². The van der Waals surface area contributed by atoms with Crippen molar-refractivity contribution in [3.05, 3.63) is 199 Å². The van der Waals surface area contributed by atoms with Gasteiger partial charge in [-0.25, -0.2) is 0 Å². The van der Waals surface area contributed by atoms with Crippen molar-refractivity contribution in [1.82, 2.24) is 52.3 Å². The third-order valence-electron chi connectivity index (χ3n) is 19.5. The van der Waals surface area contributed by atoms with Gasteiger partial charge in [-0.3, -0.25) is 43.3 Å². The molecule has 17 bridgehead atoms. The van der Waals surface area contributed by atoms with Gasteiger partial charge in [-0.2, -0.15) is 0 Å². The first kappa shape index (κ1) is 74.4. The number of hydrogen-bond acceptors (Lipinski definition) is 21. The Morgan fingerprint density at radius 3 is 1.85 bits per heavy atom. The molecule has 8 aromatic rings. The number of unbranched alkanes of at least 4 members (excludes halogenated alkanes) is 1. The summed E-state index contributed by atoms with van der Waals surface area (Å²) in [7, 11) is 1.23.